The third-order valence-electron chi connectivity index (χ3n) is 4.43. The molecule has 4 heteroatoms. The molecule has 0 aliphatic carbocycles. The summed E-state index contributed by atoms with van der Waals surface area (Å²) in [6.07, 6.45) is 4.48. The Labute approximate surface area is 130 Å². The standard InChI is InChI=1S/C17H34N2O2/c1-6-15-9-12-19(13-15)11-8-10-17(5,18-14(3)4)16(20)21-7-2/h14-15,18H,6-13H2,1-5H3. The second-order valence-electron chi connectivity index (χ2n) is 6.82. The van der Waals surface area contributed by atoms with E-state index in [0.717, 1.165) is 25.3 Å². The van der Waals surface area contributed by atoms with E-state index in [1.807, 2.05) is 13.8 Å². The van der Waals surface area contributed by atoms with Crippen LogP contribution >= 0.6 is 0 Å². The molecule has 0 saturated carbocycles. The number of hydrogen-bond acceptors (Lipinski definition) is 4. The first kappa shape index (κ1) is 18.4. The summed E-state index contributed by atoms with van der Waals surface area (Å²) in [5.74, 6) is 0.752. The molecule has 1 heterocycles. The van der Waals surface area contributed by atoms with Crippen LogP contribution in [-0.4, -0.2) is 48.7 Å². The number of carbonyl (C=O) groups excluding carboxylic acids is 1. The highest BCUT2D eigenvalue weighted by Gasteiger charge is 2.34. The molecule has 0 aromatic heterocycles. The highest BCUT2D eigenvalue weighted by Crippen LogP contribution is 2.21. The van der Waals surface area contributed by atoms with Gasteiger partial charge in [0.15, 0.2) is 0 Å². The summed E-state index contributed by atoms with van der Waals surface area (Å²) >= 11 is 0. The second-order valence-corrected chi connectivity index (χ2v) is 6.82. The SMILES string of the molecule is CCOC(=O)C(C)(CCCN1CCC(CC)C1)NC(C)C. The lowest BCUT2D eigenvalue weighted by Crippen LogP contribution is -2.53. The van der Waals surface area contributed by atoms with Crippen LogP contribution in [-0.2, 0) is 9.53 Å². The van der Waals surface area contributed by atoms with Crippen molar-refractivity contribution in [1.82, 2.24) is 10.2 Å². The van der Waals surface area contributed by atoms with Crippen LogP contribution in [0.1, 0.15) is 60.3 Å². The fourth-order valence-electron chi connectivity index (χ4n) is 3.27. The van der Waals surface area contributed by atoms with E-state index in [4.69, 9.17) is 4.74 Å². The molecular weight excluding hydrogens is 264 g/mol. The summed E-state index contributed by atoms with van der Waals surface area (Å²) in [6, 6.07) is 0.274. The van der Waals surface area contributed by atoms with Crippen LogP contribution in [0.25, 0.3) is 0 Å². The zero-order chi connectivity index (χ0) is 15.9. The molecule has 1 aliphatic rings. The van der Waals surface area contributed by atoms with E-state index in [2.05, 4.69) is 31.0 Å². The van der Waals surface area contributed by atoms with E-state index in [1.165, 1.54) is 25.9 Å². The van der Waals surface area contributed by atoms with E-state index >= 15 is 0 Å². The Kier molecular flexibility index (Phi) is 7.67. The fourth-order valence-corrected chi connectivity index (χ4v) is 3.27. The van der Waals surface area contributed by atoms with Gasteiger partial charge in [0, 0.05) is 12.6 Å². The molecule has 0 bridgehead atoms. The Balaban J connectivity index is 2.44. The largest absolute Gasteiger partial charge is 0.465 e. The summed E-state index contributed by atoms with van der Waals surface area (Å²) in [5.41, 5.74) is -0.561. The van der Waals surface area contributed by atoms with E-state index in [1.54, 1.807) is 0 Å². The lowest BCUT2D eigenvalue weighted by Gasteiger charge is -2.31. The minimum absolute atomic E-state index is 0.119. The molecule has 0 amide bonds. The van der Waals surface area contributed by atoms with Gasteiger partial charge in [0.1, 0.15) is 5.54 Å². The predicted octanol–water partition coefficient (Wildman–Crippen LogP) is 2.82. The molecule has 0 spiro atoms. The van der Waals surface area contributed by atoms with Crippen molar-refractivity contribution in [3.63, 3.8) is 0 Å². The van der Waals surface area contributed by atoms with Crippen molar-refractivity contribution in [2.75, 3.05) is 26.2 Å². The first-order valence-corrected chi connectivity index (χ1v) is 8.58. The molecular formula is C17H34N2O2. The number of carbonyl (C=O) groups is 1. The van der Waals surface area contributed by atoms with E-state index < -0.39 is 5.54 Å². The Hall–Kier alpha value is -0.610. The van der Waals surface area contributed by atoms with Crippen LogP contribution in [0.4, 0.5) is 0 Å². The van der Waals surface area contributed by atoms with E-state index in [0.29, 0.717) is 6.61 Å². The predicted molar refractivity (Wildman–Crippen MR) is 87.4 cm³/mol. The first-order valence-electron chi connectivity index (χ1n) is 8.58. The highest BCUT2D eigenvalue weighted by atomic mass is 16.5. The van der Waals surface area contributed by atoms with Gasteiger partial charge in [-0.15, -0.1) is 0 Å². The maximum Gasteiger partial charge on any atom is 0.326 e. The molecule has 4 nitrogen and oxygen atoms in total. The summed E-state index contributed by atoms with van der Waals surface area (Å²) in [6.45, 7) is 14.2. The Morgan fingerprint density at radius 1 is 1.43 bits per heavy atom. The number of nitrogens with one attached hydrogen (secondary N) is 1. The third-order valence-corrected chi connectivity index (χ3v) is 4.43. The molecule has 1 rings (SSSR count). The van der Waals surface area contributed by atoms with Gasteiger partial charge in [-0.25, -0.2) is 0 Å². The second kappa shape index (κ2) is 8.74. The molecule has 21 heavy (non-hydrogen) atoms. The molecule has 1 aliphatic heterocycles. The molecule has 124 valence electrons. The first-order chi connectivity index (χ1) is 9.91. The molecule has 2 atom stereocenters. The quantitative estimate of drug-likeness (QED) is 0.665. The summed E-state index contributed by atoms with van der Waals surface area (Å²) in [7, 11) is 0. The lowest BCUT2D eigenvalue weighted by atomic mass is 9.94. The van der Waals surface area contributed by atoms with Gasteiger partial charge in [-0.05, 0) is 66.0 Å². The van der Waals surface area contributed by atoms with Crippen LogP contribution in [0.2, 0.25) is 0 Å². The fraction of sp³-hybridized carbons (Fsp3) is 0.941. The topological polar surface area (TPSA) is 41.6 Å². The van der Waals surface area contributed by atoms with Gasteiger partial charge in [0.2, 0.25) is 0 Å². The van der Waals surface area contributed by atoms with Crippen molar-refractivity contribution in [2.24, 2.45) is 5.92 Å². The van der Waals surface area contributed by atoms with Crippen molar-refractivity contribution in [3.05, 3.63) is 0 Å². The van der Waals surface area contributed by atoms with Crippen molar-refractivity contribution >= 4 is 5.97 Å². The Morgan fingerprint density at radius 2 is 2.14 bits per heavy atom. The molecule has 2 unspecified atom stereocenters. The van der Waals surface area contributed by atoms with E-state index in [-0.39, 0.29) is 12.0 Å². The molecule has 1 N–H and O–H groups in total. The van der Waals surface area contributed by atoms with Crippen LogP contribution < -0.4 is 5.32 Å². The van der Waals surface area contributed by atoms with Crippen molar-refractivity contribution in [3.8, 4) is 0 Å². The lowest BCUT2D eigenvalue weighted by molar-refractivity contribution is -0.151. The van der Waals surface area contributed by atoms with Gasteiger partial charge in [0.25, 0.3) is 0 Å². The monoisotopic (exact) mass is 298 g/mol. The molecule has 0 aromatic rings. The minimum atomic E-state index is -0.561. The van der Waals surface area contributed by atoms with Crippen LogP contribution in [0, 0.1) is 5.92 Å². The van der Waals surface area contributed by atoms with Crippen LogP contribution in [0.3, 0.4) is 0 Å². The van der Waals surface area contributed by atoms with Crippen molar-refractivity contribution in [1.29, 1.82) is 0 Å². The number of ether oxygens (including phenoxy) is 1. The number of nitrogens with zero attached hydrogens (tertiary/aromatic N) is 1. The van der Waals surface area contributed by atoms with Crippen molar-refractivity contribution in [2.45, 2.75) is 71.9 Å². The van der Waals surface area contributed by atoms with Gasteiger partial charge < -0.3 is 9.64 Å². The molecule has 0 radical (unpaired) electrons. The normalized spacial score (nSPS) is 22.5. The maximum atomic E-state index is 12.2. The Morgan fingerprint density at radius 3 is 2.67 bits per heavy atom. The van der Waals surface area contributed by atoms with Gasteiger partial charge in [-0.1, -0.05) is 13.3 Å². The summed E-state index contributed by atoms with van der Waals surface area (Å²) < 4.78 is 5.25. The zero-order valence-corrected chi connectivity index (χ0v) is 14.6. The average molecular weight is 298 g/mol. The smallest absolute Gasteiger partial charge is 0.326 e. The van der Waals surface area contributed by atoms with Gasteiger partial charge in [-0.2, -0.15) is 0 Å². The molecule has 1 fully saturated rings. The number of rotatable bonds is 9. The molecule has 0 aromatic carbocycles. The summed E-state index contributed by atoms with van der Waals surface area (Å²) in [4.78, 5) is 14.8. The van der Waals surface area contributed by atoms with E-state index in [9.17, 15) is 4.79 Å². The van der Waals surface area contributed by atoms with Crippen LogP contribution in [0.15, 0.2) is 0 Å². The maximum absolute atomic E-state index is 12.2. The van der Waals surface area contributed by atoms with Gasteiger partial charge in [0.05, 0.1) is 6.61 Å². The Bertz CT molecular complexity index is 320. The van der Waals surface area contributed by atoms with Gasteiger partial charge in [-0.3, -0.25) is 10.1 Å². The minimum Gasteiger partial charge on any atom is -0.465 e. The summed E-state index contributed by atoms with van der Waals surface area (Å²) in [5, 5.41) is 3.39. The van der Waals surface area contributed by atoms with Gasteiger partial charge >= 0.3 is 5.97 Å². The number of hydrogen-bond donors (Lipinski definition) is 1. The number of esters is 1. The highest BCUT2D eigenvalue weighted by molar-refractivity contribution is 5.80. The third kappa shape index (κ3) is 5.95. The van der Waals surface area contributed by atoms with Crippen LogP contribution in [0.5, 0.6) is 0 Å². The zero-order valence-electron chi connectivity index (χ0n) is 14.6. The molecule has 1 saturated heterocycles. The number of likely N-dealkylation sites (tertiary alicyclic amines) is 1. The average Bonchev–Trinajstić information content (AvgIpc) is 2.86. The van der Waals surface area contributed by atoms with Crippen molar-refractivity contribution < 1.29 is 9.53 Å².